The van der Waals surface area contributed by atoms with Crippen molar-refractivity contribution >= 4 is 39.1 Å². The minimum Gasteiger partial charge on any atom is -0.352 e. The Morgan fingerprint density at radius 1 is 0.816 bits per heavy atom. The van der Waals surface area contributed by atoms with Crippen molar-refractivity contribution in [1.29, 1.82) is 0 Å². The normalized spacial score (nSPS) is 14.5. The Bertz CT molecular complexity index is 1820. The summed E-state index contributed by atoms with van der Waals surface area (Å²) in [5, 5.41) is 2.82. The van der Waals surface area contributed by atoms with Gasteiger partial charge in [-0.2, -0.15) is 13.2 Å². The molecule has 0 spiro atoms. The molecule has 2 amide bonds. The molecule has 4 aromatic rings. The van der Waals surface area contributed by atoms with Crippen LogP contribution >= 0.6 is 11.6 Å². The fraction of sp³-hybridized carbons (Fsp3) is 0.297. The van der Waals surface area contributed by atoms with Crippen LogP contribution in [0.5, 0.6) is 0 Å². The Labute approximate surface area is 289 Å². The lowest BCUT2D eigenvalue weighted by Crippen LogP contribution is -2.55. The average Bonchev–Trinajstić information content (AvgIpc) is 3.10. The molecule has 49 heavy (non-hydrogen) atoms. The van der Waals surface area contributed by atoms with Gasteiger partial charge < -0.3 is 10.2 Å². The summed E-state index contributed by atoms with van der Waals surface area (Å²) in [7, 11) is -4.63. The van der Waals surface area contributed by atoms with Crippen molar-refractivity contribution in [2.45, 2.75) is 68.2 Å². The van der Waals surface area contributed by atoms with E-state index in [9.17, 15) is 31.2 Å². The van der Waals surface area contributed by atoms with Crippen LogP contribution in [0.1, 0.15) is 48.8 Å². The van der Waals surface area contributed by atoms with Gasteiger partial charge in [-0.05, 0) is 54.3 Å². The number of rotatable bonds is 12. The summed E-state index contributed by atoms with van der Waals surface area (Å²) in [6, 6.07) is 26.3. The number of hydrogen-bond donors (Lipinski definition) is 1. The zero-order valence-electron chi connectivity index (χ0n) is 26.7. The predicted molar refractivity (Wildman–Crippen MR) is 183 cm³/mol. The second-order valence-electron chi connectivity index (χ2n) is 12.0. The zero-order valence-corrected chi connectivity index (χ0v) is 28.2. The van der Waals surface area contributed by atoms with E-state index in [-0.39, 0.29) is 28.9 Å². The van der Waals surface area contributed by atoms with Crippen LogP contribution in [0.2, 0.25) is 5.02 Å². The van der Waals surface area contributed by atoms with Gasteiger partial charge in [0.1, 0.15) is 12.6 Å². The van der Waals surface area contributed by atoms with Crippen LogP contribution in [0.3, 0.4) is 0 Å². The number of nitrogens with one attached hydrogen (secondary N) is 1. The number of anilines is 1. The first-order chi connectivity index (χ1) is 23.4. The van der Waals surface area contributed by atoms with E-state index in [1.807, 2.05) is 30.3 Å². The first kappa shape index (κ1) is 35.9. The van der Waals surface area contributed by atoms with E-state index in [0.29, 0.717) is 15.9 Å². The summed E-state index contributed by atoms with van der Waals surface area (Å²) in [5.74, 6) is -1.19. The van der Waals surface area contributed by atoms with Gasteiger partial charge in [-0.15, -0.1) is 0 Å². The van der Waals surface area contributed by atoms with Crippen LogP contribution in [0.4, 0.5) is 18.9 Å². The molecule has 1 N–H and O–H groups in total. The van der Waals surface area contributed by atoms with Crippen LogP contribution in [0.25, 0.3) is 0 Å². The third-order valence-electron chi connectivity index (χ3n) is 8.57. The second-order valence-corrected chi connectivity index (χ2v) is 14.3. The molecule has 5 rings (SSSR count). The van der Waals surface area contributed by atoms with E-state index in [0.717, 1.165) is 49.8 Å². The van der Waals surface area contributed by atoms with Crippen LogP contribution in [-0.4, -0.2) is 43.8 Å². The van der Waals surface area contributed by atoms with Gasteiger partial charge in [0.2, 0.25) is 11.8 Å². The Morgan fingerprint density at radius 3 is 1.98 bits per heavy atom. The highest BCUT2D eigenvalue weighted by atomic mass is 35.5. The van der Waals surface area contributed by atoms with Crippen molar-refractivity contribution in [3.8, 4) is 0 Å². The van der Waals surface area contributed by atoms with Crippen molar-refractivity contribution in [2.24, 2.45) is 0 Å². The second kappa shape index (κ2) is 15.9. The maximum Gasteiger partial charge on any atom is 0.416 e. The molecule has 1 atom stereocenters. The van der Waals surface area contributed by atoms with Gasteiger partial charge in [0.15, 0.2) is 0 Å². The van der Waals surface area contributed by atoms with Gasteiger partial charge in [0.05, 0.1) is 21.2 Å². The summed E-state index contributed by atoms with van der Waals surface area (Å²) < 4.78 is 70.5. The topological polar surface area (TPSA) is 86.8 Å². The molecule has 1 saturated carbocycles. The summed E-state index contributed by atoms with van der Waals surface area (Å²) in [6.07, 6.45) is -0.101. The molecule has 258 valence electrons. The molecular formula is C37H37ClF3N3O4S. The molecule has 0 heterocycles. The number of nitrogens with zero attached hydrogens (tertiary/aromatic N) is 2. The third-order valence-corrected chi connectivity index (χ3v) is 10.7. The molecule has 12 heteroatoms. The molecule has 7 nitrogen and oxygen atoms in total. The molecular weight excluding hydrogens is 675 g/mol. The summed E-state index contributed by atoms with van der Waals surface area (Å²) in [5.41, 5.74) is -0.206. The molecule has 0 unspecified atom stereocenters. The Kier molecular flexibility index (Phi) is 11.7. The maximum absolute atomic E-state index is 14.6. The number of sulfonamides is 1. The fourth-order valence-corrected chi connectivity index (χ4v) is 7.71. The molecule has 0 saturated heterocycles. The quantitative estimate of drug-likeness (QED) is 0.164. The number of hydrogen-bond acceptors (Lipinski definition) is 4. The van der Waals surface area contributed by atoms with Crippen molar-refractivity contribution in [3.63, 3.8) is 0 Å². The lowest BCUT2D eigenvalue weighted by molar-refractivity contribution is -0.140. The van der Waals surface area contributed by atoms with Gasteiger partial charge in [-0.3, -0.25) is 13.9 Å². The van der Waals surface area contributed by atoms with E-state index in [1.165, 1.54) is 29.2 Å². The van der Waals surface area contributed by atoms with Crippen molar-refractivity contribution in [2.75, 3.05) is 10.8 Å². The van der Waals surface area contributed by atoms with Crippen molar-refractivity contribution in [3.05, 3.63) is 131 Å². The summed E-state index contributed by atoms with van der Waals surface area (Å²) in [6.45, 7) is -0.988. The Hall–Kier alpha value is -4.35. The highest BCUT2D eigenvalue weighted by molar-refractivity contribution is 7.92. The fourth-order valence-electron chi connectivity index (χ4n) is 5.99. The number of amides is 2. The standard InChI is InChI=1S/C37H37ClF3N3O4S/c38-32-22-21-29(37(39,40)41)24-33(32)44(49(47,48)31-19-11-4-12-20-31)26-35(45)43(25-28-15-7-2-8-16-28)34(23-27-13-5-1-6-14-27)36(46)42-30-17-9-3-10-18-30/h1-2,4-8,11-16,19-22,24,30,34H,3,9-10,17-18,23,25-26H2,(H,42,46)/t34-/m1/s1. The van der Waals surface area contributed by atoms with E-state index in [2.05, 4.69) is 5.32 Å². The third kappa shape index (κ3) is 9.21. The van der Waals surface area contributed by atoms with E-state index in [1.54, 1.807) is 36.4 Å². The minimum atomic E-state index is -4.82. The number of halogens is 4. The zero-order chi connectivity index (χ0) is 35.0. The van der Waals surface area contributed by atoms with E-state index in [4.69, 9.17) is 11.6 Å². The molecule has 1 aliphatic carbocycles. The van der Waals surface area contributed by atoms with Gasteiger partial charge in [0, 0.05) is 19.0 Å². The lowest BCUT2D eigenvalue weighted by Gasteiger charge is -2.35. The number of carbonyl (C=O) groups is 2. The number of carbonyl (C=O) groups excluding carboxylic acids is 2. The monoisotopic (exact) mass is 711 g/mol. The Morgan fingerprint density at radius 2 is 1.39 bits per heavy atom. The number of benzene rings is 4. The maximum atomic E-state index is 14.6. The molecule has 0 radical (unpaired) electrons. The van der Waals surface area contributed by atoms with Crippen LogP contribution in [-0.2, 0) is 38.8 Å². The average molecular weight is 712 g/mol. The van der Waals surface area contributed by atoms with Gasteiger partial charge in [-0.1, -0.05) is 110 Å². The Balaban J connectivity index is 1.60. The summed E-state index contributed by atoms with van der Waals surface area (Å²) >= 11 is 6.39. The van der Waals surface area contributed by atoms with Crippen molar-refractivity contribution in [1.82, 2.24) is 10.2 Å². The molecule has 1 aliphatic rings. The molecule has 0 aromatic heterocycles. The summed E-state index contributed by atoms with van der Waals surface area (Å²) in [4.78, 5) is 29.8. The largest absolute Gasteiger partial charge is 0.416 e. The van der Waals surface area contributed by atoms with Crippen LogP contribution < -0.4 is 9.62 Å². The SMILES string of the molecule is O=C(NC1CCCCC1)[C@@H](Cc1ccccc1)N(Cc1ccccc1)C(=O)CN(c1cc(C(F)(F)F)ccc1Cl)S(=O)(=O)c1ccccc1. The highest BCUT2D eigenvalue weighted by Crippen LogP contribution is 2.37. The van der Waals surface area contributed by atoms with Crippen LogP contribution in [0, 0.1) is 0 Å². The van der Waals surface area contributed by atoms with Gasteiger partial charge >= 0.3 is 6.18 Å². The highest BCUT2D eigenvalue weighted by Gasteiger charge is 2.38. The molecule has 0 aliphatic heterocycles. The first-order valence-corrected chi connectivity index (χ1v) is 17.9. The first-order valence-electron chi connectivity index (χ1n) is 16.1. The molecule has 0 bridgehead atoms. The van der Waals surface area contributed by atoms with Crippen molar-refractivity contribution < 1.29 is 31.2 Å². The molecule has 4 aromatic carbocycles. The van der Waals surface area contributed by atoms with Gasteiger partial charge in [-0.25, -0.2) is 8.42 Å². The smallest absolute Gasteiger partial charge is 0.352 e. The lowest BCUT2D eigenvalue weighted by atomic mass is 9.94. The predicted octanol–water partition coefficient (Wildman–Crippen LogP) is 7.64. The molecule has 1 fully saturated rings. The number of alkyl halides is 3. The minimum absolute atomic E-state index is 0.0647. The van der Waals surface area contributed by atoms with Gasteiger partial charge in [0.25, 0.3) is 10.0 Å². The van der Waals surface area contributed by atoms with E-state index < -0.39 is 51.9 Å². The van der Waals surface area contributed by atoms with Crippen LogP contribution in [0.15, 0.2) is 114 Å². The van der Waals surface area contributed by atoms with E-state index >= 15 is 0 Å².